The number of hydrogen-bond donors (Lipinski definition) is 1. The lowest BCUT2D eigenvalue weighted by atomic mass is 10.1. The molecule has 1 unspecified atom stereocenters. The average molecular weight is 319 g/mol. The second kappa shape index (κ2) is 7.59. The minimum atomic E-state index is 0.0427. The highest BCUT2D eigenvalue weighted by molar-refractivity contribution is 5.74. The number of urea groups is 1. The fraction of sp³-hybridized carbons (Fsp3) is 0.688. The van der Waals surface area contributed by atoms with Crippen LogP contribution in [0.3, 0.4) is 0 Å². The fourth-order valence-corrected chi connectivity index (χ4v) is 3.10. The van der Waals surface area contributed by atoms with Crippen molar-refractivity contribution < 1.29 is 9.53 Å². The molecule has 1 aromatic rings. The third-order valence-corrected chi connectivity index (χ3v) is 4.54. The number of aromatic nitrogens is 2. The highest BCUT2D eigenvalue weighted by Gasteiger charge is 2.27. The first-order valence-corrected chi connectivity index (χ1v) is 8.45. The van der Waals surface area contributed by atoms with Gasteiger partial charge in [-0.2, -0.15) is 0 Å². The van der Waals surface area contributed by atoms with Crippen LogP contribution in [0, 0.1) is 0 Å². The molecule has 2 aliphatic heterocycles. The molecule has 3 heterocycles. The Kier molecular flexibility index (Phi) is 5.27. The van der Waals surface area contributed by atoms with Gasteiger partial charge in [0.15, 0.2) is 0 Å². The number of amides is 2. The van der Waals surface area contributed by atoms with Gasteiger partial charge in [-0.3, -0.25) is 0 Å². The van der Waals surface area contributed by atoms with E-state index in [1.54, 1.807) is 12.4 Å². The Bertz CT molecular complexity index is 504. The molecule has 2 saturated heterocycles. The third-order valence-electron chi connectivity index (χ3n) is 4.54. The molecule has 0 radical (unpaired) electrons. The summed E-state index contributed by atoms with van der Waals surface area (Å²) in [5.74, 6) is 0.774. The Labute approximate surface area is 137 Å². The van der Waals surface area contributed by atoms with Gasteiger partial charge in [-0.15, -0.1) is 0 Å². The van der Waals surface area contributed by atoms with E-state index in [1.807, 2.05) is 11.0 Å². The van der Waals surface area contributed by atoms with Crippen molar-refractivity contribution in [2.75, 3.05) is 37.7 Å². The van der Waals surface area contributed by atoms with Crippen LogP contribution in [0.5, 0.6) is 0 Å². The Morgan fingerprint density at radius 3 is 2.74 bits per heavy atom. The first kappa shape index (κ1) is 16.0. The van der Waals surface area contributed by atoms with E-state index >= 15 is 0 Å². The summed E-state index contributed by atoms with van der Waals surface area (Å²) < 4.78 is 5.62. The molecule has 3 rings (SSSR count). The van der Waals surface area contributed by atoms with Crippen LogP contribution in [0.4, 0.5) is 10.7 Å². The summed E-state index contributed by atoms with van der Waals surface area (Å²) in [6.07, 6.45) is 6.49. The molecule has 2 aliphatic rings. The van der Waals surface area contributed by atoms with Crippen molar-refractivity contribution in [2.24, 2.45) is 0 Å². The monoisotopic (exact) mass is 319 g/mol. The summed E-state index contributed by atoms with van der Waals surface area (Å²) in [7, 11) is 0. The number of morpholine rings is 1. The number of hydrogen-bond acceptors (Lipinski definition) is 5. The Balaban J connectivity index is 1.46. The van der Waals surface area contributed by atoms with Gasteiger partial charge in [0.25, 0.3) is 0 Å². The van der Waals surface area contributed by atoms with Crippen molar-refractivity contribution in [1.82, 2.24) is 20.2 Å². The summed E-state index contributed by atoms with van der Waals surface area (Å²) in [5, 5.41) is 3.17. The largest absolute Gasteiger partial charge is 0.375 e. The van der Waals surface area contributed by atoms with Gasteiger partial charge < -0.3 is 19.9 Å². The SMILES string of the molecule is CCC1CN(C(=O)NC2CCN(c3ncccn3)CC2)CCO1. The van der Waals surface area contributed by atoms with Gasteiger partial charge in [-0.05, 0) is 25.3 Å². The number of carbonyl (C=O) groups excluding carboxylic acids is 1. The average Bonchev–Trinajstić information content (AvgIpc) is 2.63. The van der Waals surface area contributed by atoms with Crippen molar-refractivity contribution >= 4 is 12.0 Å². The number of rotatable bonds is 3. The first-order chi connectivity index (χ1) is 11.3. The lowest BCUT2D eigenvalue weighted by Gasteiger charge is -2.36. The standard InChI is InChI=1S/C16H25N5O2/c1-2-14-12-21(10-11-23-14)16(22)19-13-4-8-20(9-5-13)15-17-6-3-7-18-15/h3,6-7,13-14H,2,4-5,8-12H2,1H3,(H,19,22). The summed E-state index contributed by atoms with van der Waals surface area (Å²) in [6.45, 7) is 5.84. The number of anilines is 1. The number of nitrogens with one attached hydrogen (secondary N) is 1. The van der Waals surface area contributed by atoms with Crippen LogP contribution < -0.4 is 10.2 Å². The van der Waals surface area contributed by atoms with Crippen molar-refractivity contribution in [3.05, 3.63) is 18.5 Å². The molecular weight excluding hydrogens is 294 g/mol. The minimum absolute atomic E-state index is 0.0427. The zero-order valence-corrected chi connectivity index (χ0v) is 13.6. The van der Waals surface area contributed by atoms with Crippen LogP contribution in [0.25, 0.3) is 0 Å². The predicted octanol–water partition coefficient (Wildman–Crippen LogP) is 1.27. The molecule has 2 amide bonds. The van der Waals surface area contributed by atoms with Gasteiger partial charge in [0, 0.05) is 44.6 Å². The van der Waals surface area contributed by atoms with Crippen molar-refractivity contribution in [3.63, 3.8) is 0 Å². The Hall–Kier alpha value is -1.89. The molecule has 2 fully saturated rings. The van der Waals surface area contributed by atoms with Gasteiger partial charge in [0.1, 0.15) is 0 Å². The van der Waals surface area contributed by atoms with Gasteiger partial charge >= 0.3 is 6.03 Å². The van der Waals surface area contributed by atoms with Crippen LogP contribution in [0.15, 0.2) is 18.5 Å². The predicted molar refractivity (Wildman–Crippen MR) is 87.4 cm³/mol. The molecule has 1 aromatic heterocycles. The highest BCUT2D eigenvalue weighted by Crippen LogP contribution is 2.16. The first-order valence-electron chi connectivity index (χ1n) is 8.45. The molecule has 0 aromatic carbocycles. The lowest BCUT2D eigenvalue weighted by Crippen LogP contribution is -2.53. The molecule has 7 nitrogen and oxygen atoms in total. The topological polar surface area (TPSA) is 70.6 Å². The number of ether oxygens (including phenoxy) is 1. The van der Waals surface area contributed by atoms with Crippen LogP contribution >= 0.6 is 0 Å². The zero-order valence-electron chi connectivity index (χ0n) is 13.6. The van der Waals surface area contributed by atoms with E-state index in [0.717, 1.165) is 38.3 Å². The molecule has 0 saturated carbocycles. The Morgan fingerprint density at radius 2 is 2.04 bits per heavy atom. The summed E-state index contributed by atoms with van der Waals surface area (Å²) in [5.41, 5.74) is 0. The van der Waals surface area contributed by atoms with Gasteiger partial charge in [-0.1, -0.05) is 6.92 Å². The third kappa shape index (κ3) is 4.10. The maximum atomic E-state index is 12.4. The lowest BCUT2D eigenvalue weighted by molar-refractivity contribution is -0.0158. The second-order valence-corrected chi connectivity index (χ2v) is 6.11. The molecule has 0 bridgehead atoms. The second-order valence-electron chi connectivity index (χ2n) is 6.11. The van der Waals surface area contributed by atoms with E-state index < -0.39 is 0 Å². The number of nitrogens with zero attached hydrogens (tertiary/aromatic N) is 4. The molecule has 0 spiro atoms. The van der Waals surface area contributed by atoms with Crippen molar-refractivity contribution in [3.8, 4) is 0 Å². The van der Waals surface area contributed by atoms with E-state index in [-0.39, 0.29) is 18.2 Å². The summed E-state index contributed by atoms with van der Waals surface area (Å²) in [6, 6.07) is 2.09. The van der Waals surface area contributed by atoms with Crippen LogP contribution in [-0.2, 0) is 4.74 Å². The quantitative estimate of drug-likeness (QED) is 0.908. The summed E-state index contributed by atoms with van der Waals surface area (Å²) in [4.78, 5) is 25.0. The molecular formula is C16H25N5O2. The summed E-state index contributed by atoms with van der Waals surface area (Å²) >= 11 is 0. The fourth-order valence-electron chi connectivity index (χ4n) is 3.10. The molecule has 7 heteroatoms. The number of piperidine rings is 1. The van der Waals surface area contributed by atoms with E-state index in [4.69, 9.17) is 4.74 Å². The maximum absolute atomic E-state index is 12.4. The van der Waals surface area contributed by atoms with E-state index in [1.165, 1.54) is 0 Å². The van der Waals surface area contributed by atoms with Crippen molar-refractivity contribution in [2.45, 2.75) is 38.3 Å². The van der Waals surface area contributed by atoms with Crippen LogP contribution in [-0.4, -0.2) is 65.8 Å². The van der Waals surface area contributed by atoms with E-state index in [0.29, 0.717) is 19.7 Å². The minimum Gasteiger partial charge on any atom is -0.375 e. The molecule has 1 atom stereocenters. The normalized spacial score (nSPS) is 22.9. The highest BCUT2D eigenvalue weighted by atomic mass is 16.5. The zero-order chi connectivity index (χ0) is 16.1. The number of carbonyl (C=O) groups is 1. The Morgan fingerprint density at radius 1 is 1.30 bits per heavy atom. The van der Waals surface area contributed by atoms with E-state index in [9.17, 15) is 4.79 Å². The van der Waals surface area contributed by atoms with Gasteiger partial charge in [0.2, 0.25) is 5.95 Å². The van der Waals surface area contributed by atoms with Gasteiger partial charge in [-0.25, -0.2) is 14.8 Å². The molecule has 1 N–H and O–H groups in total. The van der Waals surface area contributed by atoms with E-state index in [2.05, 4.69) is 27.1 Å². The molecule has 126 valence electrons. The smallest absolute Gasteiger partial charge is 0.317 e. The molecule has 23 heavy (non-hydrogen) atoms. The molecule has 0 aliphatic carbocycles. The van der Waals surface area contributed by atoms with Crippen molar-refractivity contribution in [1.29, 1.82) is 0 Å². The maximum Gasteiger partial charge on any atom is 0.317 e. The van der Waals surface area contributed by atoms with Gasteiger partial charge in [0.05, 0.1) is 12.7 Å². The van der Waals surface area contributed by atoms with Crippen LogP contribution in [0.1, 0.15) is 26.2 Å². The van der Waals surface area contributed by atoms with Crippen LogP contribution in [0.2, 0.25) is 0 Å².